The maximum atomic E-state index is 12.0. The van der Waals surface area contributed by atoms with Crippen molar-refractivity contribution < 1.29 is 19.1 Å². The zero-order valence-electron chi connectivity index (χ0n) is 16.1. The predicted octanol–water partition coefficient (Wildman–Crippen LogP) is 3.49. The third-order valence-electron chi connectivity index (χ3n) is 4.62. The van der Waals surface area contributed by atoms with E-state index in [2.05, 4.69) is 10.5 Å². The first-order valence-corrected chi connectivity index (χ1v) is 9.21. The van der Waals surface area contributed by atoms with Crippen LogP contribution in [0.25, 0.3) is 21.7 Å². The molecule has 0 saturated heterocycles. The van der Waals surface area contributed by atoms with Crippen molar-refractivity contribution >= 4 is 33.9 Å². The van der Waals surface area contributed by atoms with Crippen molar-refractivity contribution in [1.29, 1.82) is 0 Å². The number of hydrogen-bond donors (Lipinski definition) is 2. The molecule has 1 amide bonds. The summed E-state index contributed by atoms with van der Waals surface area (Å²) >= 11 is 0. The molecule has 2 N–H and O–H groups in total. The second-order valence-corrected chi connectivity index (χ2v) is 6.71. The molecule has 0 spiro atoms. The third kappa shape index (κ3) is 4.00. The molecule has 1 aromatic heterocycles. The van der Waals surface area contributed by atoms with E-state index in [0.29, 0.717) is 16.9 Å². The first-order chi connectivity index (χ1) is 14.5. The molecule has 0 aliphatic carbocycles. The first kappa shape index (κ1) is 19.2. The fourth-order valence-corrected chi connectivity index (χ4v) is 3.16. The fraction of sp³-hybridized carbons (Fsp3) is 0.0870. The molecule has 7 nitrogen and oxygen atoms in total. The quantitative estimate of drug-likeness (QED) is 0.302. The molecule has 0 fully saturated rings. The number of ether oxygens (including phenoxy) is 1. The van der Waals surface area contributed by atoms with Gasteiger partial charge >= 0.3 is 5.63 Å². The Balaban J connectivity index is 1.42. The second-order valence-electron chi connectivity index (χ2n) is 6.71. The number of hydrogen-bond acceptors (Lipinski definition) is 6. The summed E-state index contributed by atoms with van der Waals surface area (Å²) in [6, 6.07) is 17.4. The monoisotopic (exact) mass is 402 g/mol. The normalized spacial score (nSPS) is 11.2. The SMILES string of the molecule is Cc1cc(=O)oc2cc(OCC(=O)NN=Cc3c(O)ccc4ccccc34)ccc12. The third-order valence-corrected chi connectivity index (χ3v) is 4.62. The highest BCUT2D eigenvalue weighted by atomic mass is 16.5. The number of hydrazone groups is 1. The van der Waals surface area contributed by atoms with Crippen LogP contribution in [0, 0.1) is 6.92 Å². The van der Waals surface area contributed by atoms with Crippen LogP contribution in [0.1, 0.15) is 11.1 Å². The van der Waals surface area contributed by atoms with E-state index in [9.17, 15) is 14.7 Å². The molecule has 3 aromatic carbocycles. The number of carbonyl (C=O) groups is 1. The van der Waals surface area contributed by atoms with Gasteiger partial charge in [-0.05, 0) is 41.5 Å². The first-order valence-electron chi connectivity index (χ1n) is 9.21. The van der Waals surface area contributed by atoms with Crippen LogP contribution in [0.4, 0.5) is 0 Å². The molecule has 1 heterocycles. The minimum absolute atomic E-state index is 0.0656. The number of phenolic OH excluding ortho intramolecular Hbond substituents is 1. The maximum absolute atomic E-state index is 12.0. The Hall–Kier alpha value is -4.13. The Morgan fingerprint density at radius 1 is 1.13 bits per heavy atom. The van der Waals surface area contributed by atoms with Gasteiger partial charge < -0.3 is 14.3 Å². The molecular formula is C23H18N2O5. The van der Waals surface area contributed by atoms with Gasteiger partial charge in [0.15, 0.2) is 6.61 Å². The summed E-state index contributed by atoms with van der Waals surface area (Å²) in [7, 11) is 0. The highest BCUT2D eigenvalue weighted by Crippen LogP contribution is 2.25. The highest BCUT2D eigenvalue weighted by molar-refractivity contribution is 6.02. The van der Waals surface area contributed by atoms with Crippen LogP contribution in [0.15, 0.2) is 75.0 Å². The fourth-order valence-electron chi connectivity index (χ4n) is 3.16. The Morgan fingerprint density at radius 2 is 1.97 bits per heavy atom. The number of fused-ring (bicyclic) bond motifs is 2. The molecule has 4 rings (SSSR count). The number of rotatable bonds is 5. The standard InChI is InChI=1S/C23H18N2O5/c1-14-10-23(28)30-21-11-16(7-8-17(14)21)29-13-22(27)25-24-12-19-18-5-3-2-4-15(18)6-9-20(19)26/h2-12,26H,13H2,1H3,(H,25,27). The summed E-state index contributed by atoms with van der Waals surface area (Å²) in [6.07, 6.45) is 1.39. The lowest BCUT2D eigenvalue weighted by molar-refractivity contribution is -0.123. The molecule has 0 unspecified atom stereocenters. The molecule has 0 bridgehead atoms. The highest BCUT2D eigenvalue weighted by Gasteiger charge is 2.07. The molecule has 4 aromatic rings. The van der Waals surface area contributed by atoms with E-state index in [4.69, 9.17) is 9.15 Å². The maximum Gasteiger partial charge on any atom is 0.336 e. The predicted molar refractivity (Wildman–Crippen MR) is 114 cm³/mol. The molecule has 0 radical (unpaired) electrons. The van der Waals surface area contributed by atoms with Crippen molar-refractivity contribution in [3.63, 3.8) is 0 Å². The molecule has 150 valence electrons. The number of nitrogens with zero attached hydrogens (tertiary/aromatic N) is 1. The van der Waals surface area contributed by atoms with Crippen LogP contribution in [-0.2, 0) is 4.79 Å². The number of aryl methyl sites for hydroxylation is 1. The van der Waals surface area contributed by atoms with Gasteiger partial charge in [-0.2, -0.15) is 5.10 Å². The summed E-state index contributed by atoms with van der Waals surface area (Å²) < 4.78 is 10.6. The largest absolute Gasteiger partial charge is 0.507 e. The van der Waals surface area contributed by atoms with E-state index in [-0.39, 0.29) is 12.4 Å². The van der Waals surface area contributed by atoms with Gasteiger partial charge in [-0.1, -0.05) is 30.3 Å². The molecule has 0 aliphatic rings. The summed E-state index contributed by atoms with van der Waals surface area (Å²) in [5, 5.41) is 16.6. The summed E-state index contributed by atoms with van der Waals surface area (Å²) in [5.41, 5.74) is 3.63. The molecule has 0 atom stereocenters. The summed E-state index contributed by atoms with van der Waals surface area (Å²) in [4.78, 5) is 23.6. The van der Waals surface area contributed by atoms with Gasteiger partial charge in [0.1, 0.15) is 17.1 Å². The van der Waals surface area contributed by atoms with Crippen LogP contribution in [0.3, 0.4) is 0 Å². The number of aromatic hydroxyl groups is 1. The van der Waals surface area contributed by atoms with Crippen molar-refractivity contribution in [2.45, 2.75) is 6.92 Å². The zero-order chi connectivity index (χ0) is 21.1. The van der Waals surface area contributed by atoms with Crippen LogP contribution < -0.4 is 15.8 Å². The number of benzene rings is 3. The molecular weight excluding hydrogens is 384 g/mol. The van der Waals surface area contributed by atoms with Crippen LogP contribution in [0.5, 0.6) is 11.5 Å². The van der Waals surface area contributed by atoms with Crippen molar-refractivity contribution in [2.75, 3.05) is 6.61 Å². The number of carbonyl (C=O) groups excluding carboxylic acids is 1. The Kier molecular flexibility index (Phi) is 5.17. The van der Waals surface area contributed by atoms with Gasteiger partial charge in [0.2, 0.25) is 0 Å². The van der Waals surface area contributed by atoms with E-state index in [1.54, 1.807) is 24.3 Å². The number of nitrogens with one attached hydrogen (secondary N) is 1. The van der Waals surface area contributed by atoms with Crippen LogP contribution in [-0.4, -0.2) is 23.8 Å². The lowest BCUT2D eigenvalue weighted by Crippen LogP contribution is -2.24. The van der Waals surface area contributed by atoms with Gasteiger partial charge in [-0.3, -0.25) is 4.79 Å². The number of phenols is 1. The van der Waals surface area contributed by atoms with Gasteiger partial charge in [0.25, 0.3) is 5.91 Å². The van der Waals surface area contributed by atoms with Crippen molar-refractivity contribution in [3.8, 4) is 11.5 Å². The van der Waals surface area contributed by atoms with Gasteiger partial charge in [-0.15, -0.1) is 0 Å². The molecule has 30 heavy (non-hydrogen) atoms. The van der Waals surface area contributed by atoms with Crippen molar-refractivity contribution in [1.82, 2.24) is 5.43 Å². The minimum Gasteiger partial charge on any atom is -0.507 e. The number of amides is 1. The van der Waals surface area contributed by atoms with E-state index in [0.717, 1.165) is 21.7 Å². The van der Waals surface area contributed by atoms with E-state index in [1.807, 2.05) is 37.3 Å². The average Bonchev–Trinajstić information content (AvgIpc) is 2.73. The van der Waals surface area contributed by atoms with Crippen molar-refractivity contribution in [3.05, 3.63) is 82.2 Å². The molecule has 7 heteroatoms. The van der Waals surface area contributed by atoms with E-state index < -0.39 is 11.5 Å². The van der Waals surface area contributed by atoms with Crippen LogP contribution in [0.2, 0.25) is 0 Å². The average molecular weight is 402 g/mol. The van der Waals surface area contributed by atoms with Gasteiger partial charge in [0.05, 0.1) is 6.21 Å². The smallest absolute Gasteiger partial charge is 0.336 e. The van der Waals surface area contributed by atoms with E-state index >= 15 is 0 Å². The van der Waals surface area contributed by atoms with E-state index in [1.165, 1.54) is 12.3 Å². The zero-order valence-corrected chi connectivity index (χ0v) is 16.1. The van der Waals surface area contributed by atoms with Gasteiger partial charge in [0, 0.05) is 23.1 Å². The Labute approximate surface area is 171 Å². The Bertz CT molecular complexity index is 1340. The topological polar surface area (TPSA) is 101 Å². The lowest BCUT2D eigenvalue weighted by atomic mass is 10.0. The summed E-state index contributed by atoms with van der Waals surface area (Å²) in [6.45, 7) is 1.54. The Morgan fingerprint density at radius 3 is 2.83 bits per heavy atom. The summed E-state index contributed by atoms with van der Waals surface area (Å²) in [5.74, 6) is -0.0188. The molecule has 0 aliphatic heterocycles. The van der Waals surface area contributed by atoms with Crippen LogP contribution >= 0.6 is 0 Å². The van der Waals surface area contributed by atoms with Gasteiger partial charge in [-0.25, -0.2) is 10.2 Å². The van der Waals surface area contributed by atoms with Crippen molar-refractivity contribution in [2.24, 2.45) is 5.10 Å². The lowest BCUT2D eigenvalue weighted by Gasteiger charge is -2.07. The molecule has 0 saturated carbocycles. The second kappa shape index (κ2) is 8.08. The minimum atomic E-state index is -0.475.